The third-order valence-electron chi connectivity index (χ3n) is 9.04. The number of benzene rings is 4. The zero-order chi connectivity index (χ0) is 34.4. The van der Waals surface area contributed by atoms with Crippen molar-refractivity contribution in [1.29, 1.82) is 0 Å². The van der Waals surface area contributed by atoms with Gasteiger partial charge in [-0.15, -0.1) is 0 Å². The van der Waals surface area contributed by atoms with Crippen LogP contribution in [-0.2, 0) is 27.4 Å². The average Bonchev–Trinajstić information content (AvgIpc) is 3.11. The van der Waals surface area contributed by atoms with Crippen LogP contribution in [0.2, 0.25) is 0 Å². The molecule has 0 unspecified atom stereocenters. The summed E-state index contributed by atoms with van der Waals surface area (Å²) in [4.78, 5) is 14.1. The Kier molecular flexibility index (Phi) is 12.2. The van der Waals surface area contributed by atoms with Crippen LogP contribution in [0.4, 0.5) is 0 Å². The number of likely N-dealkylation sites (N-methyl/N-ethyl adjacent to an activating group) is 1. The molecular weight excluding hydrogens is 671 g/mol. The highest BCUT2D eigenvalue weighted by Gasteiger charge is 2.39. The van der Waals surface area contributed by atoms with E-state index in [0.717, 1.165) is 38.9 Å². The first-order valence-electron chi connectivity index (χ1n) is 15.9. The van der Waals surface area contributed by atoms with Crippen LogP contribution < -0.4 is 5.32 Å². The summed E-state index contributed by atoms with van der Waals surface area (Å²) in [5.41, 5.74) is 6.40. The van der Waals surface area contributed by atoms with Crippen LogP contribution in [0.15, 0.2) is 103 Å². The smallest absolute Gasteiger partial charge is 0.272 e. The first kappa shape index (κ1) is 36.3. The van der Waals surface area contributed by atoms with Crippen molar-refractivity contribution in [3.63, 3.8) is 0 Å². The van der Waals surface area contributed by atoms with Crippen molar-refractivity contribution in [2.45, 2.75) is 61.4 Å². The number of rotatable bonds is 11. The molecule has 0 aromatic heterocycles. The molecule has 4 aromatic carbocycles. The molecule has 1 fully saturated rings. The molecule has 3 N–H and O–H groups in total. The molecule has 7 nitrogen and oxygen atoms in total. The molecule has 0 aliphatic carbocycles. The minimum Gasteiger partial charge on any atom is -0.392 e. The Labute approximate surface area is 297 Å². The van der Waals surface area contributed by atoms with Crippen molar-refractivity contribution in [3.05, 3.63) is 131 Å². The normalized spacial score (nSPS) is 21.1. The van der Waals surface area contributed by atoms with E-state index in [4.69, 9.17) is 44.3 Å². The summed E-state index contributed by atoms with van der Waals surface area (Å²) in [5.74, 6) is -0.688. The molecule has 0 saturated carbocycles. The van der Waals surface area contributed by atoms with Gasteiger partial charge in [0.15, 0.2) is 6.29 Å². The van der Waals surface area contributed by atoms with Crippen molar-refractivity contribution >= 4 is 40.7 Å². The lowest BCUT2D eigenvalue weighted by Crippen LogP contribution is -2.46. The lowest BCUT2D eigenvalue weighted by molar-refractivity contribution is -0.276. The van der Waals surface area contributed by atoms with Crippen LogP contribution in [0.1, 0.15) is 60.2 Å². The number of alkyl halides is 3. The second kappa shape index (κ2) is 16.2. The van der Waals surface area contributed by atoms with Gasteiger partial charge in [0.2, 0.25) is 0 Å². The predicted octanol–water partition coefficient (Wildman–Crippen LogP) is 7.68. The number of nitrogens with one attached hydrogen (secondary N) is 1. The Morgan fingerprint density at radius 2 is 1.54 bits per heavy atom. The second-order valence-electron chi connectivity index (χ2n) is 12.4. The van der Waals surface area contributed by atoms with Crippen molar-refractivity contribution in [1.82, 2.24) is 10.2 Å². The van der Waals surface area contributed by atoms with Gasteiger partial charge in [-0.3, -0.25) is 9.69 Å². The van der Waals surface area contributed by atoms with E-state index in [1.54, 1.807) is 0 Å². The van der Waals surface area contributed by atoms with Crippen molar-refractivity contribution < 1.29 is 24.5 Å². The molecule has 0 radical (unpaired) electrons. The highest BCUT2D eigenvalue weighted by molar-refractivity contribution is 6.76. The summed E-state index contributed by atoms with van der Waals surface area (Å²) >= 11 is 17.0. The van der Waals surface area contributed by atoms with Gasteiger partial charge in [0.25, 0.3) is 9.70 Å². The molecule has 5 rings (SSSR count). The van der Waals surface area contributed by atoms with E-state index in [2.05, 4.69) is 17.1 Å². The number of nitrogens with zero attached hydrogens (tertiary/aromatic N) is 1. The summed E-state index contributed by atoms with van der Waals surface area (Å²) in [6, 6.07) is 33.2. The molecular formula is C38H41Cl3N2O5. The fourth-order valence-electron chi connectivity index (χ4n) is 5.92. The monoisotopic (exact) mass is 710 g/mol. The van der Waals surface area contributed by atoms with Crippen LogP contribution in [0.25, 0.3) is 11.1 Å². The molecule has 0 spiro atoms. The summed E-state index contributed by atoms with van der Waals surface area (Å²) in [6.07, 6.45) is -1.75. The first-order valence-corrected chi connectivity index (χ1v) is 17.1. The Morgan fingerprint density at radius 1 is 0.875 bits per heavy atom. The zero-order valence-corrected chi connectivity index (χ0v) is 29.4. The maximum Gasteiger partial charge on any atom is 0.272 e. The van der Waals surface area contributed by atoms with E-state index >= 15 is 0 Å². The van der Waals surface area contributed by atoms with Crippen molar-refractivity contribution in [2.24, 2.45) is 5.92 Å². The van der Waals surface area contributed by atoms with Crippen molar-refractivity contribution in [3.8, 4) is 11.1 Å². The average molecular weight is 712 g/mol. The van der Waals surface area contributed by atoms with Gasteiger partial charge in [-0.25, -0.2) is 0 Å². The van der Waals surface area contributed by atoms with Crippen LogP contribution in [0, 0.1) is 5.92 Å². The molecule has 1 amide bonds. The summed E-state index contributed by atoms with van der Waals surface area (Å²) in [7, 11) is 2.01. The molecule has 48 heavy (non-hydrogen) atoms. The third kappa shape index (κ3) is 8.97. The molecule has 254 valence electrons. The molecule has 1 heterocycles. The number of carbonyl (C=O) groups excluding carboxylic acids is 1. The zero-order valence-electron chi connectivity index (χ0n) is 27.1. The van der Waals surface area contributed by atoms with Gasteiger partial charge in [-0.05, 0) is 53.4 Å². The quantitative estimate of drug-likeness (QED) is 0.138. The minimum atomic E-state index is -2.02. The van der Waals surface area contributed by atoms with E-state index in [0.29, 0.717) is 6.54 Å². The highest BCUT2D eigenvalue weighted by Crippen LogP contribution is 2.42. The Morgan fingerprint density at radius 3 is 2.19 bits per heavy atom. The van der Waals surface area contributed by atoms with Crippen LogP contribution in [0.5, 0.6) is 0 Å². The van der Waals surface area contributed by atoms with Gasteiger partial charge >= 0.3 is 0 Å². The lowest BCUT2D eigenvalue weighted by Gasteiger charge is -2.43. The lowest BCUT2D eigenvalue weighted by atomic mass is 9.89. The van der Waals surface area contributed by atoms with Crippen LogP contribution in [-0.4, -0.2) is 50.6 Å². The van der Waals surface area contributed by atoms with Gasteiger partial charge in [0, 0.05) is 30.6 Å². The Balaban J connectivity index is 1.35. The largest absolute Gasteiger partial charge is 0.392 e. The fourth-order valence-corrected chi connectivity index (χ4v) is 6.12. The SMILES string of the molecule is C[C@@H]1[C@H](CN(C)[C@@H](C)[C@H](O)c2ccccc2)O[C@H](c2ccc(-c3cccc(CNC(=O)C(Cl)(Cl)Cl)c3)cc2)O[C@@H]1c1ccc(CO)cc1. The van der Waals surface area contributed by atoms with Gasteiger partial charge < -0.3 is 25.0 Å². The number of hydrogen-bond donors (Lipinski definition) is 3. The number of aliphatic hydroxyl groups is 2. The van der Waals surface area contributed by atoms with Gasteiger partial charge in [-0.2, -0.15) is 0 Å². The number of aliphatic hydroxyl groups excluding tert-OH is 2. The molecule has 4 aromatic rings. The number of halogens is 3. The van der Waals surface area contributed by atoms with Gasteiger partial charge in [0.05, 0.1) is 24.9 Å². The maximum absolute atomic E-state index is 12.0. The number of amides is 1. The Hall–Kier alpha value is -2.98. The minimum absolute atomic E-state index is 0.00573. The van der Waals surface area contributed by atoms with Crippen LogP contribution >= 0.6 is 34.8 Å². The summed E-state index contributed by atoms with van der Waals surface area (Å²) in [5, 5.41) is 23.4. The topological polar surface area (TPSA) is 91.3 Å². The molecule has 1 aliphatic heterocycles. The predicted molar refractivity (Wildman–Crippen MR) is 190 cm³/mol. The number of ether oxygens (including phenoxy) is 2. The third-order valence-corrected chi connectivity index (χ3v) is 9.55. The molecule has 6 atom stereocenters. The highest BCUT2D eigenvalue weighted by atomic mass is 35.6. The van der Waals surface area contributed by atoms with E-state index in [-0.39, 0.29) is 37.3 Å². The van der Waals surface area contributed by atoms with Gasteiger partial charge in [-0.1, -0.05) is 139 Å². The Bertz CT molecular complexity index is 1630. The van der Waals surface area contributed by atoms with Crippen molar-refractivity contribution in [2.75, 3.05) is 13.6 Å². The summed E-state index contributed by atoms with van der Waals surface area (Å²) in [6.45, 7) is 4.92. The van der Waals surface area contributed by atoms with E-state index < -0.39 is 22.1 Å². The first-order chi connectivity index (χ1) is 22.9. The van der Waals surface area contributed by atoms with E-state index in [9.17, 15) is 15.0 Å². The molecule has 10 heteroatoms. The molecule has 0 bridgehead atoms. The second-order valence-corrected chi connectivity index (χ2v) is 14.6. The van der Waals surface area contributed by atoms with E-state index in [1.807, 2.05) is 117 Å². The van der Waals surface area contributed by atoms with E-state index in [1.165, 1.54) is 0 Å². The van der Waals surface area contributed by atoms with Gasteiger partial charge in [0.1, 0.15) is 0 Å². The summed E-state index contributed by atoms with van der Waals surface area (Å²) < 4.78 is 11.3. The van der Waals surface area contributed by atoms with Crippen LogP contribution in [0.3, 0.4) is 0 Å². The maximum atomic E-state index is 12.0. The fraction of sp³-hybridized carbons (Fsp3) is 0.342. The number of carbonyl (C=O) groups is 1. The number of hydrogen-bond acceptors (Lipinski definition) is 6. The standard InChI is InChI=1S/C38H41Cl3N2O5/c1-24-33(22-43(3)25(2)34(45)29-9-5-4-6-10-29)47-36(48-35(24)30-14-12-26(23-44)13-15-30)31-18-16-28(17-19-31)32-11-7-8-27(20-32)21-42-37(46)38(39,40)41/h4-20,24-25,33-36,44-45H,21-23H2,1-3H3,(H,42,46)/t24-,25+,33+,34+,35+,36+/m1/s1. The molecule has 1 aliphatic rings. The molecule has 1 saturated heterocycles.